The van der Waals surface area contributed by atoms with Crippen molar-refractivity contribution in [3.8, 4) is 0 Å². The Labute approximate surface area is 108 Å². The van der Waals surface area contributed by atoms with Crippen LogP contribution >= 0.6 is 0 Å². The van der Waals surface area contributed by atoms with Crippen LogP contribution in [0.1, 0.15) is 80.6 Å². The molecule has 1 saturated heterocycles. The molecule has 0 aromatic rings. The van der Waals surface area contributed by atoms with Gasteiger partial charge in [-0.15, -0.1) is 0 Å². The number of hydrogen-bond donors (Lipinski definition) is 0. The number of hydrogen-bond acceptors (Lipinski definition) is 2. The van der Waals surface area contributed by atoms with Crippen LogP contribution in [0, 0.1) is 0 Å². The quantitative estimate of drug-likeness (QED) is 0.716. The summed E-state index contributed by atoms with van der Waals surface area (Å²) in [7, 11) is 0. The first-order valence-electron chi connectivity index (χ1n) is 7.10. The summed E-state index contributed by atoms with van der Waals surface area (Å²) in [5.74, 6) is 0. The Morgan fingerprint density at radius 1 is 1.06 bits per heavy atom. The van der Waals surface area contributed by atoms with Crippen molar-refractivity contribution in [1.29, 1.82) is 0 Å². The molecule has 0 amide bonds. The maximum atomic E-state index is 6.38. The molecule has 0 aliphatic carbocycles. The summed E-state index contributed by atoms with van der Waals surface area (Å²) in [6.45, 7) is 15.8. The predicted octanol–water partition coefficient (Wildman–Crippen LogP) is 4.54. The molecule has 0 aromatic heterocycles. The Morgan fingerprint density at radius 2 is 1.53 bits per heavy atom. The first-order chi connectivity index (χ1) is 7.61. The molecular formula is C15H31NO. The molecule has 1 heterocycles. The zero-order valence-corrected chi connectivity index (χ0v) is 12.9. The van der Waals surface area contributed by atoms with Gasteiger partial charge in [0.1, 0.15) is 0 Å². The first kappa shape index (κ1) is 15.0. The van der Waals surface area contributed by atoms with E-state index < -0.39 is 0 Å². The molecule has 1 rings (SSSR count). The van der Waals surface area contributed by atoms with E-state index in [0.29, 0.717) is 0 Å². The highest BCUT2D eigenvalue weighted by molar-refractivity contribution is 4.93. The molecule has 0 spiro atoms. The fourth-order valence-electron chi connectivity index (χ4n) is 3.12. The second kappa shape index (κ2) is 4.89. The van der Waals surface area contributed by atoms with Gasteiger partial charge in [-0.3, -0.25) is 4.84 Å². The van der Waals surface area contributed by atoms with Gasteiger partial charge >= 0.3 is 0 Å². The summed E-state index contributed by atoms with van der Waals surface area (Å²) in [5.41, 5.74) is 0.236. The molecule has 2 nitrogen and oxygen atoms in total. The van der Waals surface area contributed by atoms with E-state index in [0.717, 1.165) is 6.42 Å². The van der Waals surface area contributed by atoms with Crippen LogP contribution in [-0.4, -0.2) is 21.7 Å². The molecule has 1 fully saturated rings. The molecule has 1 aliphatic heterocycles. The highest BCUT2D eigenvalue weighted by atomic mass is 16.7. The lowest BCUT2D eigenvalue weighted by Crippen LogP contribution is -2.60. The van der Waals surface area contributed by atoms with Crippen molar-refractivity contribution in [2.45, 2.75) is 97.2 Å². The molecule has 102 valence electrons. The van der Waals surface area contributed by atoms with Crippen LogP contribution < -0.4 is 0 Å². The van der Waals surface area contributed by atoms with Crippen LogP contribution in [0.25, 0.3) is 0 Å². The van der Waals surface area contributed by atoms with Gasteiger partial charge in [0.15, 0.2) is 0 Å². The van der Waals surface area contributed by atoms with Gasteiger partial charge in [-0.1, -0.05) is 13.3 Å². The summed E-state index contributed by atoms with van der Waals surface area (Å²) in [6.07, 6.45) is 6.02. The zero-order valence-electron chi connectivity index (χ0n) is 12.9. The van der Waals surface area contributed by atoms with Crippen LogP contribution in [-0.2, 0) is 4.84 Å². The van der Waals surface area contributed by atoms with Gasteiger partial charge in [-0.2, -0.15) is 5.06 Å². The summed E-state index contributed by atoms with van der Waals surface area (Å²) >= 11 is 0. The van der Waals surface area contributed by atoms with Gasteiger partial charge < -0.3 is 0 Å². The van der Waals surface area contributed by atoms with Crippen LogP contribution in [0.4, 0.5) is 0 Å². The minimum Gasteiger partial charge on any atom is -0.292 e. The van der Waals surface area contributed by atoms with Crippen molar-refractivity contribution in [3.63, 3.8) is 0 Å². The van der Waals surface area contributed by atoms with Crippen LogP contribution in [0.3, 0.4) is 0 Å². The highest BCUT2D eigenvalue weighted by Crippen LogP contribution is 2.40. The molecule has 0 bridgehead atoms. The average molecular weight is 241 g/mol. The Bertz CT molecular complexity index is 240. The van der Waals surface area contributed by atoms with Crippen molar-refractivity contribution in [2.75, 3.05) is 0 Å². The Balaban J connectivity index is 2.83. The number of piperidine rings is 1. The van der Waals surface area contributed by atoms with Crippen molar-refractivity contribution in [1.82, 2.24) is 5.06 Å². The zero-order chi connectivity index (χ0) is 13.3. The van der Waals surface area contributed by atoms with Crippen LogP contribution in [0.15, 0.2) is 0 Å². The number of hydroxylamine groups is 2. The number of nitrogens with zero attached hydrogens (tertiary/aromatic N) is 1. The molecule has 2 heteroatoms. The SMILES string of the molecule is CCCC(C)(C)ON1C(C)(C)CCCC1(C)C. The van der Waals surface area contributed by atoms with E-state index in [1.54, 1.807) is 0 Å². The van der Waals surface area contributed by atoms with Crippen molar-refractivity contribution >= 4 is 0 Å². The van der Waals surface area contributed by atoms with Crippen LogP contribution in [0.2, 0.25) is 0 Å². The second-order valence-electron chi connectivity index (χ2n) is 7.37. The fraction of sp³-hybridized carbons (Fsp3) is 1.00. The molecule has 0 saturated carbocycles. The Kier molecular flexibility index (Phi) is 4.31. The van der Waals surface area contributed by atoms with Gasteiger partial charge in [-0.25, -0.2) is 0 Å². The predicted molar refractivity (Wildman–Crippen MR) is 73.9 cm³/mol. The largest absolute Gasteiger partial charge is 0.292 e. The Hall–Kier alpha value is -0.0800. The van der Waals surface area contributed by atoms with E-state index in [2.05, 4.69) is 53.5 Å². The maximum Gasteiger partial charge on any atom is 0.0844 e. The van der Waals surface area contributed by atoms with Gasteiger partial charge in [0.05, 0.1) is 5.60 Å². The minimum absolute atomic E-state index is 0.0549. The standard InChI is InChI=1S/C15H31NO/c1-8-10-15(6,7)17-16-13(2,3)11-9-12-14(16,4)5/h8-12H2,1-7H3. The minimum atomic E-state index is -0.0549. The van der Waals surface area contributed by atoms with E-state index >= 15 is 0 Å². The molecule has 0 aromatic carbocycles. The van der Waals surface area contributed by atoms with Gasteiger partial charge in [-0.05, 0) is 67.2 Å². The highest BCUT2D eigenvalue weighted by Gasteiger charge is 2.44. The van der Waals surface area contributed by atoms with Gasteiger partial charge in [0, 0.05) is 11.1 Å². The van der Waals surface area contributed by atoms with Crippen molar-refractivity contribution < 1.29 is 4.84 Å². The van der Waals surface area contributed by atoms with E-state index in [1.807, 2.05) is 0 Å². The van der Waals surface area contributed by atoms with E-state index in [9.17, 15) is 0 Å². The third-order valence-electron chi connectivity index (χ3n) is 3.87. The molecular weight excluding hydrogens is 210 g/mol. The molecule has 0 N–H and O–H groups in total. The van der Waals surface area contributed by atoms with Crippen molar-refractivity contribution in [3.05, 3.63) is 0 Å². The number of rotatable bonds is 4. The van der Waals surface area contributed by atoms with Gasteiger partial charge in [0.25, 0.3) is 0 Å². The summed E-state index contributed by atoms with van der Waals surface area (Å²) in [4.78, 5) is 6.38. The van der Waals surface area contributed by atoms with Crippen LogP contribution in [0.5, 0.6) is 0 Å². The maximum absolute atomic E-state index is 6.38. The lowest BCUT2D eigenvalue weighted by molar-refractivity contribution is -0.330. The Morgan fingerprint density at radius 3 is 1.94 bits per heavy atom. The summed E-state index contributed by atoms with van der Waals surface area (Å²) in [6, 6.07) is 0. The third-order valence-corrected chi connectivity index (χ3v) is 3.87. The average Bonchev–Trinajstić information content (AvgIpc) is 2.11. The molecule has 17 heavy (non-hydrogen) atoms. The fourth-order valence-corrected chi connectivity index (χ4v) is 3.12. The molecule has 0 unspecified atom stereocenters. The lowest BCUT2D eigenvalue weighted by atomic mass is 9.82. The molecule has 0 atom stereocenters. The molecule has 0 radical (unpaired) electrons. The normalized spacial score (nSPS) is 24.9. The smallest absolute Gasteiger partial charge is 0.0844 e. The summed E-state index contributed by atoms with van der Waals surface area (Å²) < 4.78 is 0. The third kappa shape index (κ3) is 3.69. The monoisotopic (exact) mass is 241 g/mol. The van der Waals surface area contributed by atoms with E-state index in [4.69, 9.17) is 4.84 Å². The first-order valence-corrected chi connectivity index (χ1v) is 7.10. The topological polar surface area (TPSA) is 12.5 Å². The lowest BCUT2D eigenvalue weighted by Gasteiger charge is -2.53. The second-order valence-corrected chi connectivity index (χ2v) is 7.37. The van der Waals surface area contributed by atoms with Crippen molar-refractivity contribution in [2.24, 2.45) is 0 Å². The summed E-state index contributed by atoms with van der Waals surface area (Å²) in [5, 5.41) is 2.28. The van der Waals surface area contributed by atoms with E-state index in [1.165, 1.54) is 25.7 Å². The van der Waals surface area contributed by atoms with E-state index in [-0.39, 0.29) is 16.7 Å². The molecule has 1 aliphatic rings. The van der Waals surface area contributed by atoms with Gasteiger partial charge in [0.2, 0.25) is 0 Å².